The maximum atomic E-state index is 12.3. The van der Waals surface area contributed by atoms with E-state index < -0.39 is 18.0 Å². The molecule has 3 rings (SSSR count). The summed E-state index contributed by atoms with van der Waals surface area (Å²) in [5, 5.41) is 18.5. The molecule has 0 heterocycles. The summed E-state index contributed by atoms with van der Waals surface area (Å²) in [4.78, 5) is 34.9. The summed E-state index contributed by atoms with van der Waals surface area (Å²) in [6, 6.07) is 21.4. The summed E-state index contributed by atoms with van der Waals surface area (Å²) in [5.41, 5.74) is 2.72. The lowest BCUT2D eigenvalue weighted by Crippen LogP contribution is -2.27. The number of methoxy groups -OCH3 is 1. The van der Waals surface area contributed by atoms with Crippen molar-refractivity contribution in [2.24, 2.45) is 0 Å². The van der Waals surface area contributed by atoms with Crippen LogP contribution < -0.4 is 10.6 Å². The van der Waals surface area contributed by atoms with Crippen molar-refractivity contribution in [1.82, 2.24) is 10.4 Å². The van der Waals surface area contributed by atoms with Crippen LogP contribution in [0.2, 0.25) is 0 Å². The zero-order chi connectivity index (χ0) is 27.2. The van der Waals surface area contributed by atoms with Crippen molar-refractivity contribution in [3.8, 4) is 0 Å². The van der Waals surface area contributed by atoms with Crippen LogP contribution in [-0.2, 0) is 32.2 Å². The maximum Gasteiger partial charge on any atom is 0.411 e. The van der Waals surface area contributed by atoms with Gasteiger partial charge in [-0.3, -0.25) is 15.3 Å². The monoisotopic (exact) mass is 519 g/mol. The molecule has 0 bridgehead atoms. The average molecular weight is 520 g/mol. The summed E-state index contributed by atoms with van der Waals surface area (Å²) in [5.74, 6) is -1.31. The van der Waals surface area contributed by atoms with Gasteiger partial charge < -0.3 is 14.8 Å². The molecule has 3 aromatic rings. The summed E-state index contributed by atoms with van der Waals surface area (Å²) in [6.07, 6.45) is 3.80. The number of carbonyl (C=O) groups excluding carboxylic acids is 3. The minimum atomic E-state index is -0.659. The SMILES string of the molecule is COC(=O)C=CC(=O)N(O)CCCCCNCc1ccc(COC(=O)Nc2cccc3ccccc23)cc1. The molecule has 0 saturated carbocycles. The van der Waals surface area contributed by atoms with E-state index in [0.29, 0.717) is 23.7 Å². The van der Waals surface area contributed by atoms with Crippen LogP contribution in [0.25, 0.3) is 10.8 Å². The fourth-order valence-electron chi connectivity index (χ4n) is 3.71. The van der Waals surface area contributed by atoms with Crippen LogP contribution in [0.4, 0.5) is 10.5 Å². The second-order valence-corrected chi connectivity index (χ2v) is 8.60. The van der Waals surface area contributed by atoms with Crippen molar-refractivity contribution in [2.75, 3.05) is 25.5 Å². The summed E-state index contributed by atoms with van der Waals surface area (Å²) in [6.45, 7) is 1.85. The second-order valence-electron chi connectivity index (χ2n) is 8.60. The van der Waals surface area contributed by atoms with Crippen LogP contribution in [0.5, 0.6) is 0 Å². The molecule has 9 nitrogen and oxygen atoms in total. The Morgan fingerprint density at radius 3 is 2.42 bits per heavy atom. The molecule has 0 atom stereocenters. The van der Waals surface area contributed by atoms with E-state index in [0.717, 1.165) is 53.4 Å². The third-order valence-corrected chi connectivity index (χ3v) is 5.79. The molecule has 0 fully saturated rings. The van der Waals surface area contributed by atoms with Gasteiger partial charge >= 0.3 is 12.1 Å². The number of hydrogen-bond acceptors (Lipinski definition) is 7. The number of nitrogens with one attached hydrogen (secondary N) is 2. The van der Waals surface area contributed by atoms with Crippen molar-refractivity contribution < 1.29 is 29.1 Å². The largest absolute Gasteiger partial charge is 0.466 e. The molecular formula is C29H33N3O6. The van der Waals surface area contributed by atoms with Crippen molar-refractivity contribution in [3.63, 3.8) is 0 Å². The molecule has 3 aromatic carbocycles. The number of amides is 2. The Bertz CT molecular complexity index is 1240. The highest BCUT2D eigenvalue weighted by molar-refractivity contribution is 6.00. The molecule has 38 heavy (non-hydrogen) atoms. The number of hydrogen-bond donors (Lipinski definition) is 3. The second kappa shape index (κ2) is 15.1. The Morgan fingerprint density at radius 1 is 0.895 bits per heavy atom. The van der Waals surface area contributed by atoms with Gasteiger partial charge in [-0.25, -0.2) is 14.7 Å². The number of esters is 1. The highest BCUT2D eigenvalue weighted by atomic mass is 16.5. The first-order valence-electron chi connectivity index (χ1n) is 12.4. The van der Waals surface area contributed by atoms with Gasteiger partial charge in [-0.1, -0.05) is 67.1 Å². The smallest absolute Gasteiger partial charge is 0.411 e. The number of unbranched alkanes of at least 4 members (excludes halogenated alkanes) is 2. The van der Waals surface area contributed by atoms with Gasteiger partial charge in [-0.15, -0.1) is 0 Å². The molecule has 0 radical (unpaired) electrons. The molecule has 0 aliphatic heterocycles. The number of carbonyl (C=O) groups is 3. The molecule has 3 N–H and O–H groups in total. The molecule has 0 spiro atoms. The third-order valence-electron chi connectivity index (χ3n) is 5.79. The first-order chi connectivity index (χ1) is 18.5. The van der Waals surface area contributed by atoms with Gasteiger partial charge in [0.25, 0.3) is 5.91 Å². The van der Waals surface area contributed by atoms with Crippen molar-refractivity contribution in [1.29, 1.82) is 0 Å². The Hall–Kier alpha value is -4.21. The van der Waals surface area contributed by atoms with Crippen LogP contribution in [0, 0.1) is 0 Å². The van der Waals surface area contributed by atoms with E-state index in [2.05, 4.69) is 15.4 Å². The summed E-state index contributed by atoms with van der Waals surface area (Å²) in [7, 11) is 1.21. The fourth-order valence-corrected chi connectivity index (χ4v) is 3.71. The minimum absolute atomic E-state index is 0.174. The average Bonchev–Trinajstić information content (AvgIpc) is 2.94. The number of fused-ring (bicyclic) bond motifs is 1. The Labute approximate surface area is 222 Å². The van der Waals surface area contributed by atoms with Gasteiger partial charge in [0.2, 0.25) is 0 Å². The van der Waals surface area contributed by atoms with E-state index in [-0.39, 0.29) is 13.2 Å². The van der Waals surface area contributed by atoms with Crippen LogP contribution >= 0.6 is 0 Å². The van der Waals surface area contributed by atoms with Crippen LogP contribution in [0.1, 0.15) is 30.4 Å². The predicted molar refractivity (Wildman–Crippen MR) is 144 cm³/mol. The van der Waals surface area contributed by atoms with E-state index >= 15 is 0 Å². The molecule has 0 aliphatic carbocycles. The topological polar surface area (TPSA) is 117 Å². The van der Waals surface area contributed by atoms with E-state index in [1.54, 1.807) is 0 Å². The van der Waals surface area contributed by atoms with Gasteiger partial charge in [0, 0.05) is 30.6 Å². The van der Waals surface area contributed by atoms with Crippen molar-refractivity contribution >= 4 is 34.4 Å². The van der Waals surface area contributed by atoms with Gasteiger partial charge in [0.05, 0.1) is 12.8 Å². The van der Waals surface area contributed by atoms with Crippen LogP contribution in [-0.4, -0.2) is 48.4 Å². The lowest BCUT2D eigenvalue weighted by Gasteiger charge is -2.12. The van der Waals surface area contributed by atoms with E-state index in [1.807, 2.05) is 66.7 Å². The predicted octanol–water partition coefficient (Wildman–Crippen LogP) is 4.80. The Kier molecular flexibility index (Phi) is 11.3. The maximum absolute atomic E-state index is 12.3. The van der Waals surface area contributed by atoms with E-state index in [1.165, 1.54) is 7.11 Å². The highest BCUT2D eigenvalue weighted by Crippen LogP contribution is 2.23. The van der Waals surface area contributed by atoms with Gasteiger partial charge in [0.1, 0.15) is 6.61 Å². The van der Waals surface area contributed by atoms with Crippen molar-refractivity contribution in [3.05, 3.63) is 90.0 Å². The number of nitrogens with zero attached hydrogens (tertiary/aromatic N) is 1. The molecule has 0 aromatic heterocycles. The number of rotatable bonds is 13. The standard InChI is InChI=1S/C29H33N3O6/c1-37-28(34)17-16-27(33)32(36)19-6-2-5-18-30-20-22-12-14-23(15-13-22)21-38-29(35)31-26-11-7-9-24-8-3-4-10-25(24)26/h3-4,7-17,30,36H,2,5-6,18-21H2,1H3,(H,31,35). The molecule has 2 amide bonds. The zero-order valence-electron chi connectivity index (χ0n) is 21.4. The van der Waals surface area contributed by atoms with E-state index in [9.17, 15) is 19.6 Å². The molecule has 200 valence electrons. The fraction of sp³-hybridized carbons (Fsp3) is 0.276. The first-order valence-corrected chi connectivity index (χ1v) is 12.4. The Morgan fingerprint density at radius 2 is 1.63 bits per heavy atom. The Balaban J connectivity index is 1.28. The lowest BCUT2D eigenvalue weighted by atomic mass is 10.1. The van der Waals surface area contributed by atoms with Gasteiger partial charge in [-0.2, -0.15) is 0 Å². The van der Waals surface area contributed by atoms with Crippen LogP contribution in [0.15, 0.2) is 78.9 Å². The first kappa shape index (κ1) is 28.4. The molecule has 0 unspecified atom stereocenters. The molecule has 9 heteroatoms. The molecule has 0 aliphatic rings. The van der Waals surface area contributed by atoms with Crippen molar-refractivity contribution in [2.45, 2.75) is 32.4 Å². The normalized spacial score (nSPS) is 10.9. The number of benzene rings is 3. The van der Waals surface area contributed by atoms with Gasteiger partial charge in [-0.05, 0) is 42.0 Å². The summed E-state index contributed by atoms with van der Waals surface area (Å²) >= 11 is 0. The van der Waals surface area contributed by atoms with Gasteiger partial charge in [0.15, 0.2) is 0 Å². The number of ether oxygens (including phenoxy) is 2. The third kappa shape index (κ3) is 9.34. The minimum Gasteiger partial charge on any atom is -0.466 e. The number of hydroxylamine groups is 2. The van der Waals surface area contributed by atoms with Crippen LogP contribution in [0.3, 0.4) is 0 Å². The zero-order valence-corrected chi connectivity index (χ0v) is 21.4. The molecule has 0 saturated heterocycles. The quantitative estimate of drug-likeness (QED) is 0.0977. The molecular weight excluding hydrogens is 486 g/mol. The van der Waals surface area contributed by atoms with E-state index in [4.69, 9.17) is 4.74 Å². The highest BCUT2D eigenvalue weighted by Gasteiger charge is 2.08. The number of anilines is 1. The summed E-state index contributed by atoms with van der Waals surface area (Å²) < 4.78 is 9.78. The lowest BCUT2D eigenvalue weighted by molar-refractivity contribution is -0.159.